The van der Waals surface area contributed by atoms with Crippen LogP contribution in [-0.4, -0.2) is 24.4 Å². The average molecular weight is 354 g/mol. The molecular weight excluding hydrogens is 323 g/mol. The van der Waals surface area contributed by atoms with Crippen molar-refractivity contribution in [3.63, 3.8) is 0 Å². The monoisotopic (exact) mass is 354 g/mol. The van der Waals surface area contributed by atoms with Crippen molar-refractivity contribution in [1.82, 2.24) is 0 Å². The van der Waals surface area contributed by atoms with Gasteiger partial charge in [-0.25, -0.2) is 0 Å². The summed E-state index contributed by atoms with van der Waals surface area (Å²) in [7, 11) is -3.53. The molecule has 5 heteroatoms. The van der Waals surface area contributed by atoms with E-state index in [1.807, 2.05) is 37.3 Å². The Morgan fingerprint density at radius 3 is 2.12 bits per heavy atom. The minimum atomic E-state index is -3.53. The quantitative estimate of drug-likeness (QED) is 0.524. The van der Waals surface area contributed by atoms with Crippen LogP contribution in [0.5, 0.6) is 0 Å². The first-order chi connectivity index (χ1) is 11.5. The van der Waals surface area contributed by atoms with Gasteiger partial charge in [-0.15, -0.1) is 0 Å². The molecule has 0 fully saturated rings. The van der Waals surface area contributed by atoms with Gasteiger partial charge in [0.2, 0.25) is 0 Å². The third-order valence-electron chi connectivity index (χ3n) is 3.81. The van der Waals surface area contributed by atoms with Crippen LogP contribution < -0.4 is 0 Å². The Hall–Kier alpha value is -0.930. The first-order valence-electron chi connectivity index (χ1n) is 8.90. The second kappa shape index (κ2) is 10.8. The number of rotatable bonds is 11. The fourth-order valence-corrected chi connectivity index (χ4v) is 4.82. The van der Waals surface area contributed by atoms with E-state index in [-0.39, 0.29) is 13.2 Å². The molecule has 0 aliphatic rings. The maximum absolute atomic E-state index is 13.4. The van der Waals surface area contributed by atoms with Gasteiger partial charge >= 0.3 is 7.60 Å². The average Bonchev–Trinajstić information content (AvgIpc) is 2.59. The Kier molecular flexibility index (Phi) is 9.53. The zero-order valence-corrected chi connectivity index (χ0v) is 16.2. The molecule has 1 N–H and O–H groups in total. The molecule has 0 amide bonds. The lowest BCUT2D eigenvalue weighted by Gasteiger charge is -2.26. The van der Waals surface area contributed by atoms with Crippen molar-refractivity contribution in [2.75, 3.05) is 13.2 Å². The van der Waals surface area contributed by atoms with E-state index in [4.69, 9.17) is 9.05 Å². The number of benzene rings is 1. The van der Waals surface area contributed by atoms with Crippen molar-refractivity contribution in [3.05, 3.63) is 41.2 Å². The SMILES string of the molecule is CCCC/C(=C(/C(O)CC)P(=O)(OCC)OCC)c1ccccc1. The third kappa shape index (κ3) is 5.56. The van der Waals surface area contributed by atoms with Crippen LogP contribution in [0.1, 0.15) is 58.9 Å². The number of unbranched alkanes of at least 4 members (excludes halogenated alkanes) is 1. The number of aliphatic hydroxyl groups excluding tert-OH is 1. The Bertz CT molecular complexity index is 544. The summed E-state index contributed by atoms with van der Waals surface area (Å²) in [6.45, 7) is 8.10. The summed E-state index contributed by atoms with van der Waals surface area (Å²) < 4.78 is 24.5. The lowest BCUT2D eigenvalue weighted by atomic mass is 9.98. The molecule has 136 valence electrons. The number of aliphatic hydroxyl groups is 1. The Labute approximate surface area is 146 Å². The maximum Gasteiger partial charge on any atom is 0.360 e. The van der Waals surface area contributed by atoms with Crippen molar-refractivity contribution >= 4 is 13.2 Å². The summed E-state index contributed by atoms with van der Waals surface area (Å²) in [5, 5.41) is 11.1. The van der Waals surface area contributed by atoms with E-state index in [1.165, 1.54) is 0 Å². The van der Waals surface area contributed by atoms with Crippen LogP contribution in [0.4, 0.5) is 0 Å². The van der Waals surface area contributed by atoms with Crippen molar-refractivity contribution in [2.45, 2.75) is 59.5 Å². The van der Waals surface area contributed by atoms with Crippen LogP contribution >= 0.6 is 7.60 Å². The first kappa shape index (κ1) is 21.1. The molecule has 0 saturated carbocycles. The van der Waals surface area contributed by atoms with Gasteiger partial charge in [-0.3, -0.25) is 4.57 Å². The van der Waals surface area contributed by atoms with Gasteiger partial charge in [-0.05, 0) is 44.2 Å². The van der Waals surface area contributed by atoms with E-state index in [0.717, 1.165) is 30.4 Å². The molecule has 1 rings (SSSR count). The van der Waals surface area contributed by atoms with Gasteiger partial charge in [0.05, 0.1) is 24.6 Å². The summed E-state index contributed by atoms with van der Waals surface area (Å²) in [6.07, 6.45) is 2.31. The predicted octanol–water partition coefficient (Wildman–Crippen LogP) is 5.62. The Morgan fingerprint density at radius 2 is 1.67 bits per heavy atom. The van der Waals surface area contributed by atoms with Gasteiger partial charge in [-0.2, -0.15) is 0 Å². The second-order valence-electron chi connectivity index (χ2n) is 5.59. The molecular formula is C19H31O4P. The third-order valence-corrected chi connectivity index (χ3v) is 6.16. The van der Waals surface area contributed by atoms with E-state index in [9.17, 15) is 9.67 Å². The molecule has 0 radical (unpaired) electrons. The predicted molar refractivity (Wildman–Crippen MR) is 100 cm³/mol. The fourth-order valence-electron chi connectivity index (χ4n) is 2.67. The van der Waals surface area contributed by atoms with E-state index in [2.05, 4.69) is 6.92 Å². The molecule has 0 heterocycles. The highest BCUT2D eigenvalue weighted by Crippen LogP contribution is 2.60. The molecule has 24 heavy (non-hydrogen) atoms. The van der Waals surface area contributed by atoms with Crippen molar-refractivity contribution in [3.8, 4) is 0 Å². The van der Waals surface area contributed by atoms with E-state index in [1.54, 1.807) is 13.8 Å². The van der Waals surface area contributed by atoms with Gasteiger partial charge in [0, 0.05) is 0 Å². The summed E-state index contributed by atoms with van der Waals surface area (Å²) >= 11 is 0. The smallest absolute Gasteiger partial charge is 0.360 e. The highest BCUT2D eigenvalue weighted by atomic mass is 31.2. The summed E-state index contributed by atoms with van der Waals surface area (Å²) in [5.74, 6) is 0. The standard InChI is InChI=1S/C19H31O4P/c1-5-9-15-17(16-13-11-10-12-14-16)19(18(20)6-2)24(21,22-7-3)23-8-4/h10-14,18,20H,5-9,15H2,1-4H3/b19-17+. The molecule has 1 aromatic rings. The van der Waals surface area contributed by atoms with Crippen LogP contribution in [0.25, 0.3) is 5.57 Å². The molecule has 0 saturated heterocycles. The topological polar surface area (TPSA) is 55.8 Å². The maximum atomic E-state index is 13.4. The molecule has 1 aromatic carbocycles. The minimum Gasteiger partial charge on any atom is -0.388 e. The second-order valence-corrected chi connectivity index (χ2v) is 7.58. The van der Waals surface area contributed by atoms with E-state index in [0.29, 0.717) is 11.7 Å². The van der Waals surface area contributed by atoms with Crippen LogP contribution in [0.15, 0.2) is 35.6 Å². The highest BCUT2D eigenvalue weighted by molar-refractivity contribution is 7.58. The minimum absolute atomic E-state index is 0.271. The fraction of sp³-hybridized carbons (Fsp3) is 0.579. The molecule has 0 aliphatic heterocycles. The van der Waals surface area contributed by atoms with Gasteiger partial charge in [0.25, 0.3) is 0 Å². The van der Waals surface area contributed by atoms with Crippen LogP contribution in [-0.2, 0) is 13.6 Å². The Balaban J connectivity index is 3.58. The van der Waals surface area contributed by atoms with Crippen molar-refractivity contribution in [2.24, 2.45) is 0 Å². The zero-order chi connectivity index (χ0) is 18.0. The van der Waals surface area contributed by atoms with Crippen LogP contribution in [0.3, 0.4) is 0 Å². The Morgan fingerprint density at radius 1 is 1.08 bits per heavy atom. The number of hydrogen-bond acceptors (Lipinski definition) is 4. The highest BCUT2D eigenvalue weighted by Gasteiger charge is 2.36. The van der Waals surface area contributed by atoms with Gasteiger partial charge in [0.1, 0.15) is 0 Å². The molecule has 0 aliphatic carbocycles. The van der Waals surface area contributed by atoms with Gasteiger partial charge in [-0.1, -0.05) is 50.6 Å². The van der Waals surface area contributed by atoms with E-state index < -0.39 is 13.7 Å². The zero-order valence-electron chi connectivity index (χ0n) is 15.3. The summed E-state index contributed by atoms with van der Waals surface area (Å²) in [4.78, 5) is 0. The molecule has 1 unspecified atom stereocenters. The number of hydrogen-bond donors (Lipinski definition) is 1. The van der Waals surface area contributed by atoms with Crippen molar-refractivity contribution < 1.29 is 18.7 Å². The molecule has 4 nitrogen and oxygen atoms in total. The first-order valence-corrected chi connectivity index (χ1v) is 10.4. The molecule has 1 atom stereocenters. The van der Waals surface area contributed by atoms with Crippen LogP contribution in [0, 0.1) is 0 Å². The molecule has 0 aromatic heterocycles. The largest absolute Gasteiger partial charge is 0.388 e. The summed E-state index contributed by atoms with van der Waals surface area (Å²) in [6, 6.07) is 9.81. The van der Waals surface area contributed by atoms with Crippen LogP contribution in [0.2, 0.25) is 0 Å². The van der Waals surface area contributed by atoms with Crippen molar-refractivity contribution in [1.29, 1.82) is 0 Å². The molecule has 0 spiro atoms. The lowest BCUT2D eigenvalue weighted by molar-refractivity contribution is 0.188. The van der Waals surface area contributed by atoms with Gasteiger partial charge < -0.3 is 14.2 Å². The van der Waals surface area contributed by atoms with E-state index >= 15 is 0 Å². The normalized spacial score (nSPS) is 14.4. The molecule has 0 bridgehead atoms. The number of allylic oxidation sites excluding steroid dienone is 1. The lowest BCUT2D eigenvalue weighted by Crippen LogP contribution is -2.15. The van der Waals surface area contributed by atoms with Gasteiger partial charge in [0.15, 0.2) is 0 Å². The summed E-state index contributed by atoms with van der Waals surface area (Å²) in [5.41, 5.74) is 1.85.